The van der Waals surface area contributed by atoms with Gasteiger partial charge in [0, 0.05) is 0 Å². The number of aliphatic carboxylic acids is 1. The summed E-state index contributed by atoms with van der Waals surface area (Å²) in [5.41, 5.74) is 5.24. The first-order chi connectivity index (χ1) is 6.07. The lowest BCUT2D eigenvalue weighted by Crippen LogP contribution is -2.30. The van der Waals surface area contributed by atoms with E-state index in [4.69, 9.17) is 10.8 Å². The van der Waals surface area contributed by atoms with Crippen LogP contribution in [0, 0.1) is 0 Å². The van der Waals surface area contributed by atoms with E-state index in [1.54, 1.807) is 0 Å². The van der Waals surface area contributed by atoms with Crippen molar-refractivity contribution in [1.82, 2.24) is 0 Å². The molecule has 0 radical (unpaired) electrons. The van der Waals surface area contributed by atoms with Crippen LogP contribution in [0.2, 0.25) is 0 Å². The van der Waals surface area contributed by atoms with Crippen LogP contribution in [-0.4, -0.2) is 41.7 Å². The van der Waals surface area contributed by atoms with Crippen molar-refractivity contribution in [2.45, 2.75) is 12.5 Å². The third kappa shape index (κ3) is 6.41. The molecule has 6 heteroatoms. The molecule has 0 fully saturated rings. The highest BCUT2D eigenvalue weighted by molar-refractivity contribution is 7.99. The van der Waals surface area contributed by atoms with Gasteiger partial charge in [0.1, 0.15) is 6.04 Å². The summed E-state index contributed by atoms with van der Waals surface area (Å²) in [6.07, 6.45) is 0.358. The van der Waals surface area contributed by atoms with Crippen LogP contribution < -0.4 is 5.73 Å². The molecule has 0 heterocycles. The molecule has 0 aromatic rings. The molecule has 0 aliphatic heterocycles. The zero-order valence-corrected chi connectivity index (χ0v) is 8.17. The molecule has 0 rings (SSSR count). The number of ether oxygens (including phenoxy) is 1. The topological polar surface area (TPSA) is 89.6 Å². The van der Waals surface area contributed by atoms with E-state index in [-0.39, 0.29) is 11.7 Å². The van der Waals surface area contributed by atoms with E-state index < -0.39 is 12.0 Å². The van der Waals surface area contributed by atoms with Gasteiger partial charge in [-0.05, 0) is 12.2 Å². The molecule has 0 saturated carbocycles. The summed E-state index contributed by atoms with van der Waals surface area (Å²) < 4.78 is 4.40. The molecule has 0 amide bonds. The van der Waals surface area contributed by atoms with E-state index in [9.17, 15) is 9.59 Å². The average molecular weight is 207 g/mol. The largest absolute Gasteiger partial charge is 0.480 e. The van der Waals surface area contributed by atoms with Gasteiger partial charge in [0.05, 0.1) is 12.9 Å². The standard InChI is InChI=1S/C7H13NO4S/c1-12-6(9)4-13-3-2-5(8)7(10)11/h5H,2-4,8H2,1H3,(H,10,11)/t5-/m0/s1. The van der Waals surface area contributed by atoms with Crippen molar-refractivity contribution in [3.05, 3.63) is 0 Å². The van der Waals surface area contributed by atoms with Gasteiger partial charge in [-0.3, -0.25) is 9.59 Å². The summed E-state index contributed by atoms with van der Waals surface area (Å²) in [6, 6.07) is -0.842. The fraction of sp³-hybridized carbons (Fsp3) is 0.714. The Morgan fingerprint density at radius 1 is 1.62 bits per heavy atom. The summed E-state index contributed by atoms with van der Waals surface area (Å²) in [7, 11) is 1.31. The lowest BCUT2D eigenvalue weighted by Gasteiger charge is -2.04. The first-order valence-electron chi connectivity index (χ1n) is 3.71. The zero-order valence-electron chi connectivity index (χ0n) is 7.36. The van der Waals surface area contributed by atoms with E-state index in [0.717, 1.165) is 0 Å². The highest BCUT2D eigenvalue weighted by Crippen LogP contribution is 2.04. The second-order valence-electron chi connectivity index (χ2n) is 2.36. The summed E-state index contributed by atoms with van der Waals surface area (Å²) >= 11 is 1.31. The third-order valence-electron chi connectivity index (χ3n) is 1.34. The van der Waals surface area contributed by atoms with Gasteiger partial charge >= 0.3 is 11.9 Å². The first-order valence-corrected chi connectivity index (χ1v) is 4.86. The molecule has 0 aliphatic carbocycles. The number of carboxylic acids is 1. The van der Waals surface area contributed by atoms with Gasteiger partial charge in [-0.15, -0.1) is 0 Å². The molecule has 0 unspecified atom stereocenters. The smallest absolute Gasteiger partial charge is 0.320 e. The maximum absolute atomic E-state index is 10.6. The van der Waals surface area contributed by atoms with Crippen molar-refractivity contribution in [2.75, 3.05) is 18.6 Å². The number of methoxy groups -OCH3 is 1. The van der Waals surface area contributed by atoms with Gasteiger partial charge in [-0.2, -0.15) is 11.8 Å². The third-order valence-corrected chi connectivity index (χ3v) is 2.30. The van der Waals surface area contributed by atoms with Gasteiger partial charge in [0.2, 0.25) is 0 Å². The van der Waals surface area contributed by atoms with Gasteiger partial charge in [-0.25, -0.2) is 0 Å². The molecule has 0 bridgehead atoms. The number of thioether (sulfide) groups is 1. The maximum atomic E-state index is 10.6. The Kier molecular flexibility index (Phi) is 6.34. The Morgan fingerprint density at radius 2 is 2.23 bits per heavy atom. The number of nitrogens with two attached hydrogens (primary N) is 1. The highest BCUT2D eigenvalue weighted by atomic mass is 32.2. The molecule has 0 spiro atoms. The molecule has 5 nitrogen and oxygen atoms in total. The van der Waals surface area contributed by atoms with Gasteiger partial charge in [0.15, 0.2) is 0 Å². The van der Waals surface area contributed by atoms with Crippen LogP contribution in [0.15, 0.2) is 0 Å². The minimum absolute atomic E-state index is 0.239. The van der Waals surface area contributed by atoms with Gasteiger partial charge in [0.25, 0.3) is 0 Å². The number of hydrogen-bond donors (Lipinski definition) is 2. The molecular weight excluding hydrogens is 194 g/mol. The fourth-order valence-corrected chi connectivity index (χ4v) is 1.40. The van der Waals surface area contributed by atoms with Crippen molar-refractivity contribution in [1.29, 1.82) is 0 Å². The van der Waals surface area contributed by atoms with Gasteiger partial charge < -0.3 is 15.6 Å². The number of esters is 1. The summed E-state index contributed by atoms with van der Waals surface area (Å²) in [5.74, 6) is -0.543. The van der Waals surface area contributed by atoms with E-state index in [2.05, 4.69) is 4.74 Å². The Hall–Kier alpha value is -0.750. The number of carbonyl (C=O) groups excluding carboxylic acids is 1. The second kappa shape index (κ2) is 6.73. The van der Waals surface area contributed by atoms with E-state index in [1.165, 1.54) is 18.9 Å². The predicted molar refractivity (Wildman–Crippen MR) is 49.6 cm³/mol. The van der Waals surface area contributed by atoms with Crippen molar-refractivity contribution < 1.29 is 19.4 Å². The van der Waals surface area contributed by atoms with Crippen LogP contribution in [0.25, 0.3) is 0 Å². The van der Waals surface area contributed by atoms with Crippen LogP contribution in [0.4, 0.5) is 0 Å². The Balaban J connectivity index is 3.35. The summed E-state index contributed by atoms with van der Waals surface area (Å²) in [5, 5.41) is 8.41. The minimum Gasteiger partial charge on any atom is -0.480 e. The van der Waals surface area contributed by atoms with Crippen molar-refractivity contribution in [3.8, 4) is 0 Å². The average Bonchev–Trinajstić information content (AvgIpc) is 2.11. The maximum Gasteiger partial charge on any atom is 0.320 e. The first kappa shape index (κ1) is 12.2. The van der Waals surface area contributed by atoms with Crippen molar-refractivity contribution in [3.63, 3.8) is 0 Å². The highest BCUT2D eigenvalue weighted by Gasteiger charge is 2.10. The molecule has 3 N–H and O–H groups in total. The molecule has 0 aromatic carbocycles. The molecule has 0 aliphatic rings. The van der Waals surface area contributed by atoms with Crippen molar-refractivity contribution >= 4 is 23.7 Å². The van der Waals surface area contributed by atoms with Crippen LogP contribution in [0.3, 0.4) is 0 Å². The number of rotatable bonds is 6. The van der Waals surface area contributed by atoms with Crippen molar-refractivity contribution in [2.24, 2.45) is 5.73 Å². The van der Waals surface area contributed by atoms with Crippen LogP contribution in [0.5, 0.6) is 0 Å². The van der Waals surface area contributed by atoms with Crippen LogP contribution in [-0.2, 0) is 14.3 Å². The Morgan fingerprint density at radius 3 is 2.69 bits per heavy atom. The number of hydrogen-bond acceptors (Lipinski definition) is 5. The number of carboxylic acid groups (broad SMARTS) is 1. The molecule has 13 heavy (non-hydrogen) atoms. The Labute approximate surface area is 80.6 Å². The second-order valence-corrected chi connectivity index (χ2v) is 3.47. The lowest BCUT2D eigenvalue weighted by molar-refractivity contribution is -0.138. The van der Waals surface area contributed by atoms with Gasteiger partial charge in [-0.1, -0.05) is 0 Å². The molecule has 1 atom stereocenters. The van der Waals surface area contributed by atoms with E-state index >= 15 is 0 Å². The monoisotopic (exact) mass is 207 g/mol. The molecule has 76 valence electrons. The predicted octanol–water partition coefficient (Wildman–Crippen LogP) is -0.305. The summed E-state index contributed by atoms with van der Waals surface area (Å²) in [6.45, 7) is 0. The fourth-order valence-electron chi connectivity index (χ4n) is 0.548. The van der Waals surface area contributed by atoms with Crippen LogP contribution >= 0.6 is 11.8 Å². The molecular formula is C7H13NO4S. The van der Waals surface area contributed by atoms with E-state index in [0.29, 0.717) is 12.2 Å². The zero-order chi connectivity index (χ0) is 10.3. The van der Waals surface area contributed by atoms with Crippen LogP contribution in [0.1, 0.15) is 6.42 Å². The minimum atomic E-state index is -1.02. The molecule has 0 saturated heterocycles. The summed E-state index contributed by atoms with van der Waals surface area (Å²) in [4.78, 5) is 20.9. The SMILES string of the molecule is COC(=O)CSCC[C@H](N)C(=O)O. The Bertz CT molecular complexity index is 185. The quantitative estimate of drug-likeness (QED) is 0.459. The lowest BCUT2D eigenvalue weighted by atomic mass is 10.2. The molecule has 0 aromatic heterocycles. The number of carbonyl (C=O) groups is 2. The normalized spacial score (nSPS) is 12.2. The van der Waals surface area contributed by atoms with E-state index in [1.807, 2.05) is 0 Å².